The number of hydrogen-bond donors (Lipinski definition) is 1. The minimum atomic E-state index is -0.00242. The van der Waals surface area contributed by atoms with Gasteiger partial charge in [-0.25, -0.2) is 0 Å². The summed E-state index contributed by atoms with van der Waals surface area (Å²) in [7, 11) is 0. The van der Waals surface area contributed by atoms with Gasteiger partial charge in [0.1, 0.15) is 0 Å². The minimum Gasteiger partial charge on any atom is -0.354 e. The van der Waals surface area contributed by atoms with E-state index in [0.29, 0.717) is 25.9 Å². The van der Waals surface area contributed by atoms with Crippen molar-refractivity contribution in [3.8, 4) is 0 Å². The summed E-state index contributed by atoms with van der Waals surface area (Å²) >= 11 is 1.58. The van der Waals surface area contributed by atoms with Crippen molar-refractivity contribution in [1.29, 1.82) is 0 Å². The largest absolute Gasteiger partial charge is 0.354 e. The normalized spacial score (nSPS) is 13.3. The zero-order valence-corrected chi connectivity index (χ0v) is 12.4. The Balaban J connectivity index is 1.52. The van der Waals surface area contributed by atoms with Crippen LogP contribution in [-0.2, 0) is 22.4 Å². The minimum absolute atomic E-state index is 0.00242. The van der Waals surface area contributed by atoms with Crippen LogP contribution >= 0.6 is 11.3 Å². The molecule has 108 valence electrons. The van der Waals surface area contributed by atoms with Crippen molar-refractivity contribution >= 4 is 28.8 Å². The molecule has 2 amide bonds. The predicted octanol–water partition coefficient (Wildman–Crippen LogP) is 2.00. The number of benzene rings is 1. The number of fused-ring (bicyclic) bond motifs is 1. The van der Waals surface area contributed by atoms with Crippen LogP contribution in [0.25, 0.3) is 0 Å². The van der Waals surface area contributed by atoms with E-state index in [2.05, 4.69) is 5.32 Å². The second kappa shape index (κ2) is 6.10. The van der Waals surface area contributed by atoms with Crippen LogP contribution in [0.1, 0.15) is 10.4 Å². The molecule has 1 aliphatic heterocycles. The number of amides is 2. The summed E-state index contributed by atoms with van der Waals surface area (Å²) in [6.45, 7) is 0.996. The Labute approximate surface area is 127 Å². The molecule has 0 spiro atoms. The lowest BCUT2D eigenvalue weighted by Crippen LogP contribution is -2.37. The molecule has 0 unspecified atom stereocenters. The molecule has 0 radical (unpaired) electrons. The fourth-order valence-electron chi connectivity index (χ4n) is 2.50. The van der Waals surface area contributed by atoms with E-state index in [9.17, 15) is 9.59 Å². The Morgan fingerprint density at radius 3 is 2.90 bits per heavy atom. The third-order valence-electron chi connectivity index (χ3n) is 3.50. The fourth-order valence-corrected chi connectivity index (χ4v) is 3.21. The number of anilines is 1. The fraction of sp³-hybridized carbons (Fsp3) is 0.250. The van der Waals surface area contributed by atoms with E-state index in [1.54, 1.807) is 16.2 Å². The van der Waals surface area contributed by atoms with Gasteiger partial charge in [0.25, 0.3) is 0 Å². The van der Waals surface area contributed by atoms with Crippen molar-refractivity contribution in [2.24, 2.45) is 0 Å². The smallest absolute Gasteiger partial charge is 0.231 e. The van der Waals surface area contributed by atoms with Crippen molar-refractivity contribution in [1.82, 2.24) is 5.32 Å². The van der Waals surface area contributed by atoms with Crippen LogP contribution in [0.5, 0.6) is 0 Å². The zero-order chi connectivity index (χ0) is 14.7. The lowest BCUT2D eigenvalue weighted by molar-refractivity contribution is -0.121. The summed E-state index contributed by atoms with van der Waals surface area (Å²) in [5, 5.41) is 4.83. The number of nitrogens with one attached hydrogen (secondary N) is 1. The molecule has 1 aliphatic rings. The molecule has 0 atom stereocenters. The molecular weight excluding hydrogens is 284 g/mol. The summed E-state index contributed by atoms with van der Waals surface area (Å²) < 4.78 is 0. The Morgan fingerprint density at radius 2 is 2.10 bits per heavy atom. The molecule has 1 N–H and O–H groups in total. The highest BCUT2D eigenvalue weighted by Gasteiger charge is 2.26. The zero-order valence-electron chi connectivity index (χ0n) is 11.5. The van der Waals surface area contributed by atoms with Crippen molar-refractivity contribution < 1.29 is 9.59 Å². The van der Waals surface area contributed by atoms with Gasteiger partial charge in [0.05, 0.1) is 12.8 Å². The summed E-state index contributed by atoms with van der Waals surface area (Å²) in [5.74, 6) is 0.0982. The average Bonchev–Trinajstić information content (AvgIpc) is 3.07. The molecule has 21 heavy (non-hydrogen) atoms. The lowest BCUT2D eigenvalue weighted by atomic mass is 10.2. The van der Waals surface area contributed by atoms with Crippen LogP contribution in [0.3, 0.4) is 0 Å². The first-order chi connectivity index (χ1) is 10.2. The number of thiophene rings is 1. The SMILES string of the molecule is O=C(Cc1cccs1)NCCN1C(=O)Cc2ccccc21. The quantitative estimate of drug-likeness (QED) is 0.918. The van der Waals surface area contributed by atoms with Gasteiger partial charge in [0.15, 0.2) is 0 Å². The molecule has 0 aliphatic carbocycles. The number of nitrogens with zero attached hydrogens (tertiary/aromatic N) is 1. The second-order valence-electron chi connectivity index (χ2n) is 4.96. The second-order valence-corrected chi connectivity index (χ2v) is 5.99. The standard InChI is InChI=1S/C16H16N2O2S/c19-15(11-13-5-3-9-21-13)17-7-8-18-14-6-2-1-4-12(14)10-16(18)20/h1-6,9H,7-8,10-11H2,(H,17,19). The van der Waals surface area contributed by atoms with E-state index in [0.717, 1.165) is 16.1 Å². The molecule has 1 aromatic heterocycles. The Hall–Kier alpha value is -2.14. The van der Waals surface area contributed by atoms with Crippen molar-refractivity contribution in [2.75, 3.05) is 18.0 Å². The van der Waals surface area contributed by atoms with Crippen molar-refractivity contribution in [3.63, 3.8) is 0 Å². The van der Waals surface area contributed by atoms with Crippen LogP contribution in [0.2, 0.25) is 0 Å². The molecule has 1 aromatic carbocycles. The number of carbonyl (C=O) groups is 2. The highest BCUT2D eigenvalue weighted by atomic mass is 32.1. The van der Waals surface area contributed by atoms with E-state index in [1.165, 1.54) is 0 Å². The van der Waals surface area contributed by atoms with E-state index in [4.69, 9.17) is 0 Å². The number of hydrogen-bond acceptors (Lipinski definition) is 3. The van der Waals surface area contributed by atoms with Crippen molar-refractivity contribution in [2.45, 2.75) is 12.8 Å². The van der Waals surface area contributed by atoms with Gasteiger partial charge in [-0.2, -0.15) is 0 Å². The molecule has 0 saturated carbocycles. The predicted molar refractivity (Wildman–Crippen MR) is 83.5 cm³/mol. The van der Waals surface area contributed by atoms with Gasteiger partial charge >= 0.3 is 0 Å². The number of rotatable bonds is 5. The van der Waals surface area contributed by atoms with Gasteiger partial charge in [0.2, 0.25) is 11.8 Å². The maximum absolute atomic E-state index is 12.0. The summed E-state index contributed by atoms with van der Waals surface area (Å²) in [4.78, 5) is 26.6. The van der Waals surface area contributed by atoms with Gasteiger partial charge in [-0.3, -0.25) is 9.59 Å². The van der Waals surface area contributed by atoms with Crippen LogP contribution < -0.4 is 10.2 Å². The van der Waals surface area contributed by atoms with E-state index >= 15 is 0 Å². The Bertz CT molecular complexity index is 652. The molecule has 2 aromatic rings. The van der Waals surface area contributed by atoms with Gasteiger partial charge < -0.3 is 10.2 Å². The van der Waals surface area contributed by atoms with Crippen LogP contribution in [0.15, 0.2) is 41.8 Å². The van der Waals surface area contributed by atoms with E-state index in [-0.39, 0.29) is 11.8 Å². The summed E-state index contributed by atoms with van der Waals surface area (Å²) in [5.41, 5.74) is 2.03. The maximum atomic E-state index is 12.0. The van der Waals surface area contributed by atoms with E-state index in [1.807, 2.05) is 41.8 Å². The molecule has 2 heterocycles. The molecule has 0 saturated heterocycles. The Kier molecular flexibility index (Phi) is 4.01. The lowest BCUT2D eigenvalue weighted by Gasteiger charge is -2.17. The average molecular weight is 300 g/mol. The summed E-state index contributed by atoms with van der Waals surface area (Å²) in [6, 6.07) is 11.7. The maximum Gasteiger partial charge on any atom is 0.231 e. The third kappa shape index (κ3) is 3.13. The molecule has 4 nitrogen and oxygen atoms in total. The van der Waals surface area contributed by atoms with Crippen molar-refractivity contribution in [3.05, 3.63) is 52.2 Å². The molecular formula is C16H16N2O2S. The van der Waals surface area contributed by atoms with Gasteiger partial charge in [-0.1, -0.05) is 24.3 Å². The Morgan fingerprint density at radius 1 is 1.24 bits per heavy atom. The molecule has 3 rings (SSSR count). The van der Waals surface area contributed by atoms with Crippen LogP contribution in [-0.4, -0.2) is 24.9 Å². The molecule has 5 heteroatoms. The number of carbonyl (C=O) groups excluding carboxylic acids is 2. The third-order valence-corrected chi connectivity index (χ3v) is 4.37. The van der Waals surface area contributed by atoms with Crippen LogP contribution in [0, 0.1) is 0 Å². The van der Waals surface area contributed by atoms with Gasteiger partial charge in [0, 0.05) is 23.7 Å². The van der Waals surface area contributed by atoms with Crippen LogP contribution in [0.4, 0.5) is 5.69 Å². The van der Waals surface area contributed by atoms with Gasteiger partial charge in [-0.05, 0) is 23.1 Å². The molecule has 0 fully saturated rings. The highest BCUT2D eigenvalue weighted by Crippen LogP contribution is 2.27. The van der Waals surface area contributed by atoms with Gasteiger partial charge in [-0.15, -0.1) is 11.3 Å². The highest BCUT2D eigenvalue weighted by molar-refractivity contribution is 7.10. The van der Waals surface area contributed by atoms with E-state index < -0.39 is 0 Å². The summed E-state index contributed by atoms with van der Waals surface area (Å²) in [6.07, 6.45) is 0.863. The first-order valence-corrected chi connectivity index (χ1v) is 7.79. The molecule has 0 bridgehead atoms. The monoisotopic (exact) mass is 300 g/mol. The topological polar surface area (TPSA) is 49.4 Å². The first-order valence-electron chi connectivity index (χ1n) is 6.91. The first kappa shape index (κ1) is 13.8. The number of para-hydroxylation sites is 1.